The summed E-state index contributed by atoms with van der Waals surface area (Å²) in [7, 11) is 1.69. The lowest BCUT2D eigenvalue weighted by Gasteiger charge is -2.07. The summed E-state index contributed by atoms with van der Waals surface area (Å²) in [6.07, 6.45) is 2.09. The zero-order valence-electron chi connectivity index (χ0n) is 11.3. The molecule has 0 bridgehead atoms. The van der Waals surface area contributed by atoms with E-state index >= 15 is 0 Å². The van der Waals surface area contributed by atoms with Gasteiger partial charge in [-0.25, -0.2) is 0 Å². The van der Waals surface area contributed by atoms with Crippen LogP contribution in [0.5, 0.6) is 5.75 Å². The number of rotatable bonds is 6. The maximum atomic E-state index is 5.21. The Balaban J connectivity index is 1.85. The van der Waals surface area contributed by atoms with E-state index in [1.54, 1.807) is 18.9 Å². The lowest BCUT2D eigenvalue weighted by Crippen LogP contribution is -2.12. The van der Waals surface area contributed by atoms with E-state index in [1.165, 1.54) is 16.0 Å². The van der Waals surface area contributed by atoms with Crippen molar-refractivity contribution in [2.45, 2.75) is 18.0 Å². The first-order valence-corrected chi connectivity index (χ1v) is 7.51. The van der Waals surface area contributed by atoms with Gasteiger partial charge >= 0.3 is 0 Å². The van der Waals surface area contributed by atoms with Crippen LogP contribution in [0.1, 0.15) is 11.1 Å². The van der Waals surface area contributed by atoms with Gasteiger partial charge in [0.25, 0.3) is 0 Å². The van der Waals surface area contributed by atoms with Crippen molar-refractivity contribution < 1.29 is 4.74 Å². The molecule has 0 amide bonds. The van der Waals surface area contributed by atoms with Crippen LogP contribution in [0, 0.1) is 0 Å². The lowest BCUT2D eigenvalue weighted by atomic mass is 10.2. The molecule has 0 radical (unpaired) electrons. The van der Waals surface area contributed by atoms with Gasteiger partial charge in [-0.3, -0.25) is 0 Å². The Hall–Kier alpha value is -1.45. The van der Waals surface area contributed by atoms with Crippen molar-refractivity contribution in [1.29, 1.82) is 0 Å². The number of ether oxygens (including phenoxy) is 1. The van der Waals surface area contributed by atoms with Gasteiger partial charge < -0.3 is 10.1 Å². The molecule has 0 aromatic heterocycles. The molecule has 0 aliphatic heterocycles. The molecular formula is C16H19NOS. The van der Waals surface area contributed by atoms with Crippen LogP contribution in [0.4, 0.5) is 0 Å². The largest absolute Gasteiger partial charge is 0.497 e. The van der Waals surface area contributed by atoms with Crippen molar-refractivity contribution in [1.82, 2.24) is 5.32 Å². The molecule has 0 atom stereocenters. The first kappa shape index (κ1) is 14.0. The summed E-state index contributed by atoms with van der Waals surface area (Å²) in [5.41, 5.74) is 2.54. The third-order valence-electron chi connectivity index (χ3n) is 2.95. The van der Waals surface area contributed by atoms with Gasteiger partial charge in [-0.2, -0.15) is 0 Å². The Morgan fingerprint density at radius 3 is 2.42 bits per heavy atom. The molecule has 0 fully saturated rings. The van der Waals surface area contributed by atoms with Gasteiger partial charge in [0.1, 0.15) is 5.75 Å². The highest BCUT2D eigenvalue weighted by atomic mass is 32.2. The average Bonchev–Trinajstić information content (AvgIpc) is 2.48. The fraction of sp³-hybridized carbons (Fsp3) is 0.250. The van der Waals surface area contributed by atoms with Crippen LogP contribution >= 0.6 is 11.8 Å². The van der Waals surface area contributed by atoms with Crippen LogP contribution in [-0.4, -0.2) is 13.4 Å². The monoisotopic (exact) mass is 273 g/mol. The summed E-state index contributed by atoms with van der Waals surface area (Å²) >= 11 is 1.77. The molecular weight excluding hydrogens is 254 g/mol. The Morgan fingerprint density at radius 1 is 1.00 bits per heavy atom. The quantitative estimate of drug-likeness (QED) is 0.811. The molecule has 0 saturated heterocycles. The normalized spacial score (nSPS) is 10.4. The van der Waals surface area contributed by atoms with E-state index in [2.05, 4.69) is 48.0 Å². The smallest absolute Gasteiger partial charge is 0.119 e. The van der Waals surface area contributed by atoms with Gasteiger partial charge in [0, 0.05) is 18.0 Å². The topological polar surface area (TPSA) is 21.3 Å². The molecule has 2 rings (SSSR count). The molecule has 1 N–H and O–H groups in total. The average molecular weight is 273 g/mol. The van der Waals surface area contributed by atoms with E-state index in [1.807, 2.05) is 12.1 Å². The van der Waals surface area contributed by atoms with E-state index in [-0.39, 0.29) is 0 Å². The Labute approximate surface area is 119 Å². The molecule has 3 heteroatoms. The predicted octanol–water partition coefficient (Wildman–Crippen LogP) is 3.71. The lowest BCUT2D eigenvalue weighted by molar-refractivity contribution is 0.414. The first-order chi connectivity index (χ1) is 9.31. The predicted molar refractivity (Wildman–Crippen MR) is 81.8 cm³/mol. The maximum absolute atomic E-state index is 5.21. The fourth-order valence-electron chi connectivity index (χ4n) is 1.88. The van der Waals surface area contributed by atoms with Crippen LogP contribution in [-0.2, 0) is 13.1 Å². The van der Waals surface area contributed by atoms with E-state index in [9.17, 15) is 0 Å². The molecule has 2 nitrogen and oxygen atoms in total. The van der Waals surface area contributed by atoms with Gasteiger partial charge in [0.05, 0.1) is 7.11 Å². The molecule has 2 aromatic rings. The van der Waals surface area contributed by atoms with Crippen LogP contribution in [0.2, 0.25) is 0 Å². The number of nitrogens with one attached hydrogen (secondary N) is 1. The van der Waals surface area contributed by atoms with Crippen molar-refractivity contribution in [3.05, 3.63) is 59.7 Å². The maximum Gasteiger partial charge on any atom is 0.119 e. The third kappa shape index (κ3) is 4.30. The molecule has 100 valence electrons. The molecule has 19 heavy (non-hydrogen) atoms. The van der Waals surface area contributed by atoms with E-state index in [4.69, 9.17) is 4.74 Å². The van der Waals surface area contributed by atoms with E-state index < -0.39 is 0 Å². The summed E-state index contributed by atoms with van der Waals surface area (Å²) in [5, 5.41) is 3.44. The highest BCUT2D eigenvalue weighted by molar-refractivity contribution is 7.98. The summed E-state index contributed by atoms with van der Waals surface area (Å²) in [5.74, 6) is 0.906. The van der Waals surface area contributed by atoms with Gasteiger partial charge in [-0.05, 0) is 41.6 Å². The Bertz CT molecular complexity index is 510. The fourth-order valence-corrected chi connectivity index (χ4v) is 2.29. The Kier molecular flexibility index (Phi) is 5.31. The minimum Gasteiger partial charge on any atom is -0.497 e. The number of methoxy groups -OCH3 is 1. The minimum absolute atomic E-state index is 0.849. The second kappa shape index (κ2) is 7.22. The van der Waals surface area contributed by atoms with Crippen molar-refractivity contribution in [2.75, 3.05) is 13.4 Å². The standard InChI is InChI=1S/C16H19NOS/c1-18-15-5-3-4-14(10-15)12-17-11-13-6-8-16(19-2)9-7-13/h3-10,17H,11-12H2,1-2H3. The molecule has 0 aliphatic rings. The number of hydrogen-bond donors (Lipinski definition) is 1. The number of hydrogen-bond acceptors (Lipinski definition) is 3. The third-order valence-corrected chi connectivity index (χ3v) is 3.70. The second-order valence-electron chi connectivity index (χ2n) is 4.30. The van der Waals surface area contributed by atoms with Gasteiger partial charge in [0.15, 0.2) is 0 Å². The van der Waals surface area contributed by atoms with Gasteiger partial charge in [-0.15, -0.1) is 11.8 Å². The summed E-state index contributed by atoms with van der Waals surface area (Å²) < 4.78 is 5.21. The molecule has 0 spiro atoms. The van der Waals surface area contributed by atoms with E-state index in [0.29, 0.717) is 0 Å². The van der Waals surface area contributed by atoms with Gasteiger partial charge in [-0.1, -0.05) is 24.3 Å². The van der Waals surface area contributed by atoms with Crippen LogP contribution < -0.4 is 10.1 Å². The van der Waals surface area contributed by atoms with Crippen molar-refractivity contribution in [2.24, 2.45) is 0 Å². The first-order valence-electron chi connectivity index (χ1n) is 6.28. The van der Waals surface area contributed by atoms with Crippen molar-refractivity contribution >= 4 is 11.8 Å². The summed E-state index contributed by atoms with van der Waals surface area (Å²) in [6, 6.07) is 16.8. The Morgan fingerprint density at radius 2 is 1.74 bits per heavy atom. The minimum atomic E-state index is 0.849. The van der Waals surface area contributed by atoms with Crippen molar-refractivity contribution in [3.63, 3.8) is 0 Å². The van der Waals surface area contributed by atoms with Crippen molar-refractivity contribution in [3.8, 4) is 5.75 Å². The molecule has 0 aliphatic carbocycles. The molecule has 2 aromatic carbocycles. The molecule has 0 saturated carbocycles. The second-order valence-corrected chi connectivity index (χ2v) is 5.18. The highest BCUT2D eigenvalue weighted by Crippen LogP contribution is 2.15. The zero-order valence-corrected chi connectivity index (χ0v) is 12.2. The number of benzene rings is 2. The van der Waals surface area contributed by atoms with E-state index in [0.717, 1.165) is 18.8 Å². The summed E-state index contributed by atoms with van der Waals surface area (Å²) in [6.45, 7) is 1.73. The molecule has 0 heterocycles. The number of thioether (sulfide) groups is 1. The summed E-state index contributed by atoms with van der Waals surface area (Å²) in [4.78, 5) is 1.30. The van der Waals surface area contributed by atoms with Gasteiger partial charge in [0.2, 0.25) is 0 Å². The van der Waals surface area contributed by atoms with Crippen LogP contribution in [0.15, 0.2) is 53.4 Å². The SMILES string of the molecule is COc1cccc(CNCc2ccc(SC)cc2)c1. The highest BCUT2D eigenvalue weighted by Gasteiger charge is 1.97. The molecule has 0 unspecified atom stereocenters. The van der Waals surface area contributed by atoms with Crippen LogP contribution in [0.25, 0.3) is 0 Å². The zero-order chi connectivity index (χ0) is 13.5. The van der Waals surface area contributed by atoms with Crippen LogP contribution in [0.3, 0.4) is 0 Å².